The average molecular weight is 273 g/mol. The standard InChI is InChI=1S/C7H12N2O3S2.ClH/c1-12-6-2-5-13-7(6)14(10,11)9-4-3-8;/h2,5,9H,3-4,8H2,1H3;1H. The normalized spacial score (nSPS) is 10.8. The maximum absolute atomic E-state index is 11.6. The molecule has 1 aromatic heterocycles. The third-order valence-corrected chi connectivity index (χ3v) is 4.40. The van der Waals surface area contributed by atoms with Gasteiger partial charge in [0.1, 0.15) is 5.75 Å². The Labute approximate surface area is 99.1 Å². The Morgan fingerprint density at radius 3 is 2.80 bits per heavy atom. The van der Waals surface area contributed by atoms with Crippen LogP contribution in [0.5, 0.6) is 5.75 Å². The second-order valence-electron chi connectivity index (χ2n) is 2.46. The van der Waals surface area contributed by atoms with Gasteiger partial charge in [0.2, 0.25) is 0 Å². The summed E-state index contributed by atoms with van der Waals surface area (Å²) in [5, 5.41) is 1.66. The fourth-order valence-corrected chi connectivity index (χ4v) is 3.26. The summed E-state index contributed by atoms with van der Waals surface area (Å²) < 4.78 is 30.7. The van der Waals surface area contributed by atoms with Crippen molar-refractivity contribution in [3.8, 4) is 5.75 Å². The maximum Gasteiger partial charge on any atom is 0.253 e. The SMILES string of the molecule is COc1ccsc1S(=O)(=O)NCCN.Cl. The molecule has 5 nitrogen and oxygen atoms in total. The van der Waals surface area contributed by atoms with Crippen LogP contribution in [0.15, 0.2) is 15.7 Å². The Morgan fingerprint density at radius 1 is 1.60 bits per heavy atom. The monoisotopic (exact) mass is 272 g/mol. The number of halogens is 1. The smallest absolute Gasteiger partial charge is 0.253 e. The summed E-state index contributed by atoms with van der Waals surface area (Å²) in [5.41, 5.74) is 5.20. The number of nitrogens with two attached hydrogens (primary N) is 1. The topological polar surface area (TPSA) is 81.4 Å². The highest BCUT2D eigenvalue weighted by Crippen LogP contribution is 2.28. The van der Waals surface area contributed by atoms with Gasteiger partial charge in [-0.25, -0.2) is 13.1 Å². The molecule has 0 aliphatic rings. The summed E-state index contributed by atoms with van der Waals surface area (Å²) in [7, 11) is -2.02. The van der Waals surface area contributed by atoms with Crippen LogP contribution < -0.4 is 15.2 Å². The lowest BCUT2D eigenvalue weighted by atomic mass is 10.6. The summed E-state index contributed by atoms with van der Waals surface area (Å²) in [4.78, 5) is 0. The summed E-state index contributed by atoms with van der Waals surface area (Å²) >= 11 is 1.12. The van der Waals surface area contributed by atoms with Crippen LogP contribution in [0.2, 0.25) is 0 Å². The predicted octanol–water partition coefficient (Wildman–Crippen LogP) is 0.416. The number of ether oxygens (including phenoxy) is 1. The Bertz CT molecular complexity index is 391. The van der Waals surface area contributed by atoms with Gasteiger partial charge in [-0.05, 0) is 11.4 Å². The summed E-state index contributed by atoms with van der Waals surface area (Å²) in [5.74, 6) is 0.361. The number of hydrogen-bond acceptors (Lipinski definition) is 5. The number of rotatable bonds is 5. The molecule has 3 N–H and O–H groups in total. The van der Waals surface area contributed by atoms with E-state index in [1.54, 1.807) is 11.4 Å². The molecule has 1 heterocycles. The van der Waals surface area contributed by atoms with Gasteiger partial charge in [-0.1, -0.05) is 0 Å². The molecule has 0 saturated carbocycles. The van der Waals surface area contributed by atoms with E-state index in [1.807, 2.05) is 0 Å². The highest BCUT2D eigenvalue weighted by Gasteiger charge is 2.19. The molecular formula is C7H13ClN2O3S2. The minimum absolute atomic E-state index is 0. The molecular weight excluding hydrogens is 260 g/mol. The van der Waals surface area contributed by atoms with Crippen molar-refractivity contribution in [1.82, 2.24) is 4.72 Å². The molecule has 0 spiro atoms. The Morgan fingerprint density at radius 2 is 2.27 bits per heavy atom. The van der Waals surface area contributed by atoms with Crippen molar-refractivity contribution in [2.45, 2.75) is 4.21 Å². The first kappa shape index (κ1) is 14.7. The number of thiophene rings is 1. The maximum atomic E-state index is 11.6. The second kappa shape index (κ2) is 6.29. The van der Waals surface area contributed by atoms with E-state index < -0.39 is 10.0 Å². The van der Waals surface area contributed by atoms with Crippen LogP contribution in [0.4, 0.5) is 0 Å². The van der Waals surface area contributed by atoms with Crippen molar-refractivity contribution >= 4 is 33.8 Å². The molecule has 15 heavy (non-hydrogen) atoms. The van der Waals surface area contributed by atoms with Crippen molar-refractivity contribution in [2.24, 2.45) is 5.73 Å². The first-order valence-electron chi connectivity index (χ1n) is 3.93. The number of sulfonamides is 1. The van der Waals surface area contributed by atoms with E-state index in [0.29, 0.717) is 5.75 Å². The van der Waals surface area contributed by atoms with Crippen molar-refractivity contribution in [2.75, 3.05) is 20.2 Å². The van der Waals surface area contributed by atoms with Gasteiger partial charge in [0.25, 0.3) is 10.0 Å². The average Bonchev–Trinajstić information content (AvgIpc) is 2.63. The zero-order valence-electron chi connectivity index (χ0n) is 8.10. The van der Waals surface area contributed by atoms with E-state index in [0.717, 1.165) is 11.3 Å². The molecule has 0 amide bonds. The van der Waals surface area contributed by atoms with Gasteiger partial charge in [-0.15, -0.1) is 23.7 Å². The minimum atomic E-state index is -3.46. The quantitative estimate of drug-likeness (QED) is 0.814. The van der Waals surface area contributed by atoms with E-state index in [1.165, 1.54) is 7.11 Å². The Balaban J connectivity index is 0.00000196. The molecule has 0 atom stereocenters. The number of methoxy groups -OCH3 is 1. The molecule has 0 aliphatic carbocycles. The van der Waals surface area contributed by atoms with E-state index >= 15 is 0 Å². The Kier molecular flexibility index (Phi) is 6.15. The van der Waals surface area contributed by atoms with E-state index in [4.69, 9.17) is 10.5 Å². The fraction of sp³-hybridized carbons (Fsp3) is 0.429. The van der Waals surface area contributed by atoms with Crippen molar-refractivity contribution in [3.63, 3.8) is 0 Å². The number of nitrogens with one attached hydrogen (secondary N) is 1. The van der Waals surface area contributed by atoms with Crippen molar-refractivity contribution in [3.05, 3.63) is 11.4 Å². The molecule has 1 aromatic rings. The summed E-state index contributed by atoms with van der Waals surface area (Å²) in [6.07, 6.45) is 0. The van der Waals surface area contributed by atoms with Gasteiger partial charge in [0.15, 0.2) is 4.21 Å². The predicted molar refractivity (Wildman–Crippen MR) is 62.4 cm³/mol. The molecule has 8 heteroatoms. The molecule has 0 saturated heterocycles. The lowest BCUT2D eigenvalue weighted by molar-refractivity contribution is 0.406. The third kappa shape index (κ3) is 3.62. The summed E-state index contributed by atoms with van der Waals surface area (Å²) in [6.45, 7) is 0.496. The third-order valence-electron chi connectivity index (χ3n) is 1.50. The summed E-state index contributed by atoms with van der Waals surface area (Å²) in [6, 6.07) is 1.61. The second-order valence-corrected chi connectivity index (χ2v) is 5.34. The van der Waals surface area contributed by atoms with Gasteiger partial charge in [0, 0.05) is 13.1 Å². The van der Waals surface area contributed by atoms with Crippen LogP contribution in [0, 0.1) is 0 Å². The molecule has 0 bridgehead atoms. The molecule has 0 fully saturated rings. The van der Waals surface area contributed by atoms with E-state index in [9.17, 15) is 8.42 Å². The lowest BCUT2D eigenvalue weighted by Gasteiger charge is -2.04. The molecule has 0 aliphatic heterocycles. The first-order chi connectivity index (χ1) is 6.61. The molecule has 0 unspecified atom stereocenters. The lowest BCUT2D eigenvalue weighted by Crippen LogP contribution is -2.28. The van der Waals surface area contributed by atoms with Crippen LogP contribution in [-0.4, -0.2) is 28.6 Å². The van der Waals surface area contributed by atoms with Crippen LogP contribution >= 0.6 is 23.7 Å². The van der Waals surface area contributed by atoms with Gasteiger partial charge >= 0.3 is 0 Å². The first-order valence-corrected chi connectivity index (χ1v) is 6.29. The van der Waals surface area contributed by atoms with E-state index in [-0.39, 0.29) is 29.7 Å². The number of hydrogen-bond donors (Lipinski definition) is 2. The van der Waals surface area contributed by atoms with Gasteiger partial charge in [0.05, 0.1) is 7.11 Å². The van der Waals surface area contributed by atoms with Gasteiger partial charge < -0.3 is 10.5 Å². The molecule has 88 valence electrons. The van der Waals surface area contributed by atoms with Crippen LogP contribution in [0.25, 0.3) is 0 Å². The molecule has 1 rings (SSSR count). The van der Waals surface area contributed by atoms with Gasteiger partial charge in [-0.2, -0.15) is 0 Å². The zero-order chi connectivity index (χ0) is 10.6. The van der Waals surface area contributed by atoms with Crippen molar-refractivity contribution < 1.29 is 13.2 Å². The van der Waals surface area contributed by atoms with Gasteiger partial charge in [-0.3, -0.25) is 0 Å². The zero-order valence-corrected chi connectivity index (χ0v) is 10.5. The van der Waals surface area contributed by atoms with E-state index in [2.05, 4.69) is 4.72 Å². The largest absolute Gasteiger partial charge is 0.494 e. The van der Waals surface area contributed by atoms with Crippen LogP contribution in [0.1, 0.15) is 0 Å². The van der Waals surface area contributed by atoms with Crippen molar-refractivity contribution in [1.29, 1.82) is 0 Å². The minimum Gasteiger partial charge on any atom is -0.494 e. The van der Waals surface area contributed by atoms with Crippen LogP contribution in [0.3, 0.4) is 0 Å². The highest BCUT2D eigenvalue weighted by atomic mass is 35.5. The van der Waals surface area contributed by atoms with Crippen LogP contribution in [-0.2, 0) is 10.0 Å². The molecule has 0 radical (unpaired) electrons. The Hall–Kier alpha value is -0.340. The fourth-order valence-electron chi connectivity index (χ4n) is 0.890. The highest BCUT2D eigenvalue weighted by molar-refractivity contribution is 7.91. The molecule has 0 aromatic carbocycles.